The van der Waals surface area contributed by atoms with Gasteiger partial charge in [0.1, 0.15) is 6.10 Å². The van der Waals surface area contributed by atoms with Crippen molar-refractivity contribution in [1.29, 1.82) is 0 Å². The minimum absolute atomic E-state index is 0.113. The van der Waals surface area contributed by atoms with E-state index in [1.165, 1.54) is 16.8 Å². The van der Waals surface area contributed by atoms with E-state index < -0.39 is 39.2 Å². The third-order valence-corrected chi connectivity index (χ3v) is 12.3. The molecule has 8 nitrogen and oxygen atoms in total. The fraction of sp³-hybridized carbons (Fsp3) is 0.441. The Hall–Kier alpha value is -3.24. The number of esters is 1. The number of hydrogen-bond donors (Lipinski definition) is 1. The molecule has 2 heterocycles. The van der Waals surface area contributed by atoms with E-state index in [0.29, 0.717) is 37.2 Å². The zero-order valence-corrected chi connectivity index (χ0v) is 25.4. The molecule has 1 saturated carbocycles. The van der Waals surface area contributed by atoms with E-state index >= 15 is 0 Å². The first kappa shape index (κ1) is 28.5. The summed E-state index contributed by atoms with van der Waals surface area (Å²) < 4.78 is 41.4. The maximum atomic E-state index is 13.8. The number of carbonyl (C=O) groups excluding carboxylic acids is 1. The number of carbonyl (C=O) groups is 1. The predicted octanol–water partition coefficient (Wildman–Crippen LogP) is 3.84. The van der Waals surface area contributed by atoms with Crippen LogP contribution in [0.2, 0.25) is 0 Å². The molecular formula is C34H38N2O6S. The zero-order chi connectivity index (χ0) is 30.0. The lowest BCUT2D eigenvalue weighted by atomic mass is 9.48. The van der Waals surface area contributed by atoms with Crippen LogP contribution >= 0.6 is 0 Å². The topological polar surface area (TPSA) is 96.4 Å². The molecule has 9 heteroatoms. The molecule has 43 heavy (non-hydrogen) atoms. The smallest absolute Gasteiger partial charge is 0.308 e. The lowest BCUT2D eigenvalue weighted by Crippen LogP contribution is -2.78. The monoisotopic (exact) mass is 602 g/mol. The number of piperidine rings is 1. The third-order valence-electron chi connectivity index (χ3n) is 10.4. The quantitative estimate of drug-likeness (QED) is 0.309. The number of hydrogen-bond acceptors (Lipinski definition) is 7. The second-order valence-electron chi connectivity index (χ2n) is 12.6. The molecule has 1 saturated heterocycles. The number of aliphatic hydroxyl groups is 1. The second kappa shape index (κ2) is 10.4. The van der Waals surface area contributed by atoms with E-state index in [9.17, 15) is 18.3 Å². The summed E-state index contributed by atoms with van der Waals surface area (Å²) in [5.74, 6) is 0.243. The van der Waals surface area contributed by atoms with Crippen LogP contribution in [0.15, 0.2) is 72.8 Å². The number of rotatable bonds is 8. The lowest BCUT2D eigenvalue weighted by molar-refractivity contribution is -0.195. The van der Waals surface area contributed by atoms with Crippen molar-refractivity contribution in [3.05, 3.63) is 95.1 Å². The minimum Gasteiger partial charge on any atom is -0.483 e. The Kier molecular flexibility index (Phi) is 6.93. The largest absolute Gasteiger partial charge is 0.483 e. The molecule has 2 fully saturated rings. The Bertz CT molecular complexity index is 1650. The average molecular weight is 603 g/mol. The van der Waals surface area contributed by atoms with E-state index in [0.717, 1.165) is 36.2 Å². The van der Waals surface area contributed by atoms with Gasteiger partial charge in [-0.1, -0.05) is 66.7 Å². The van der Waals surface area contributed by atoms with Gasteiger partial charge in [-0.15, -0.1) is 0 Å². The average Bonchev–Trinajstić information content (AvgIpc) is 3.34. The van der Waals surface area contributed by atoms with Crippen LogP contribution in [0.3, 0.4) is 0 Å². The van der Waals surface area contributed by atoms with Gasteiger partial charge in [0, 0.05) is 32.1 Å². The van der Waals surface area contributed by atoms with E-state index in [-0.39, 0.29) is 11.8 Å². The molecule has 0 aromatic heterocycles. The van der Waals surface area contributed by atoms with Gasteiger partial charge in [-0.2, -0.15) is 4.31 Å². The summed E-state index contributed by atoms with van der Waals surface area (Å²) in [6.45, 7) is 2.93. The molecular weight excluding hydrogens is 564 g/mol. The van der Waals surface area contributed by atoms with Crippen LogP contribution in [0.5, 0.6) is 11.5 Å². The van der Waals surface area contributed by atoms with Crippen LogP contribution < -0.4 is 9.47 Å². The van der Waals surface area contributed by atoms with Gasteiger partial charge in [0.2, 0.25) is 10.0 Å². The molecule has 1 N–H and O–H groups in total. The van der Waals surface area contributed by atoms with Crippen LogP contribution in [0.1, 0.15) is 48.4 Å². The molecule has 0 radical (unpaired) electrons. The van der Waals surface area contributed by atoms with Crippen LogP contribution in [0, 0.1) is 0 Å². The summed E-state index contributed by atoms with van der Waals surface area (Å²) >= 11 is 0. The number of benzene rings is 3. The maximum absolute atomic E-state index is 13.8. The van der Waals surface area contributed by atoms with Crippen LogP contribution in [-0.2, 0) is 38.8 Å². The maximum Gasteiger partial charge on any atom is 0.308 e. The second-order valence-corrected chi connectivity index (χ2v) is 14.6. The fourth-order valence-electron chi connectivity index (χ4n) is 8.48. The highest BCUT2D eigenvalue weighted by Gasteiger charge is 2.73. The Morgan fingerprint density at radius 3 is 2.44 bits per heavy atom. The Morgan fingerprint density at radius 1 is 1.05 bits per heavy atom. The fourth-order valence-corrected chi connectivity index (χ4v) is 9.93. The predicted molar refractivity (Wildman–Crippen MR) is 162 cm³/mol. The van der Waals surface area contributed by atoms with Crippen molar-refractivity contribution in [3.8, 4) is 11.5 Å². The Morgan fingerprint density at radius 2 is 1.74 bits per heavy atom. The molecule has 2 aliphatic carbocycles. The molecule has 0 amide bonds. The highest BCUT2D eigenvalue weighted by Crippen LogP contribution is 2.66. The summed E-state index contributed by atoms with van der Waals surface area (Å²) in [6.07, 6.45) is 2.44. The zero-order valence-electron chi connectivity index (χ0n) is 24.6. The third kappa shape index (κ3) is 4.43. The van der Waals surface area contributed by atoms with Crippen molar-refractivity contribution in [3.63, 3.8) is 0 Å². The van der Waals surface area contributed by atoms with Crippen molar-refractivity contribution in [2.45, 2.75) is 74.0 Å². The molecule has 3 aromatic carbocycles. The van der Waals surface area contributed by atoms with Crippen molar-refractivity contribution in [2.75, 3.05) is 20.1 Å². The number of ether oxygens (including phenoxy) is 2. The van der Waals surface area contributed by atoms with Crippen molar-refractivity contribution < 1.29 is 27.8 Å². The van der Waals surface area contributed by atoms with E-state index in [1.54, 1.807) is 13.1 Å². The molecule has 226 valence electrons. The summed E-state index contributed by atoms with van der Waals surface area (Å²) in [6, 6.07) is 22.7. The van der Waals surface area contributed by atoms with Gasteiger partial charge in [0.25, 0.3) is 0 Å². The van der Waals surface area contributed by atoms with Crippen LogP contribution in [0.25, 0.3) is 0 Å². The highest BCUT2D eigenvalue weighted by molar-refractivity contribution is 7.88. The highest BCUT2D eigenvalue weighted by atomic mass is 32.2. The molecule has 5 atom stereocenters. The van der Waals surface area contributed by atoms with E-state index in [1.807, 2.05) is 42.5 Å². The molecule has 1 spiro atoms. The van der Waals surface area contributed by atoms with Gasteiger partial charge < -0.3 is 14.6 Å². The molecule has 3 aromatic rings. The van der Waals surface area contributed by atoms with Gasteiger partial charge >= 0.3 is 5.97 Å². The summed E-state index contributed by atoms with van der Waals surface area (Å²) in [5, 5.41) is 12.9. The van der Waals surface area contributed by atoms with E-state index in [2.05, 4.69) is 29.2 Å². The van der Waals surface area contributed by atoms with Gasteiger partial charge in [0.15, 0.2) is 11.5 Å². The molecule has 2 bridgehead atoms. The first-order chi connectivity index (χ1) is 20.6. The van der Waals surface area contributed by atoms with Crippen LogP contribution in [0.4, 0.5) is 0 Å². The summed E-state index contributed by atoms with van der Waals surface area (Å²) in [7, 11) is -2.06. The summed E-state index contributed by atoms with van der Waals surface area (Å²) in [5.41, 5.74) is 2.01. The van der Waals surface area contributed by atoms with Gasteiger partial charge in [-0.25, -0.2) is 8.42 Å². The standard InChI is InChI=1S/C34H38N2O6S/c1-23(37)41-28-14-13-26-21-29-34(38)17-15-27(35(2)43(39,40)22-25-11-7-4-8-12-25)32-33(34,30(26)31(28)42-32)18-20-36(29)19-16-24-9-5-3-6-10-24/h3-14,27,29,32,38H,15-22H2,1-2H3/t27-,29+,32-,33-,34+/m0/s1. The normalized spacial score (nSPS) is 29.2. The summed E-state index contributed by atoms with van der Waals surface area (Å²) in [4.78, 5) is 14.5. The van der Waals surface area contributed by atoms with Gasteiger partial charge in [0.05, 0.1) is 22.8 Å². The van der Waals surface area contributed by atoms with Crippen molar-refractivity contribution in [1.82, 2.24) is 9.21 Å². The van der Waals surface area contributed by atoms with Gasteiger partial charge in [-0.05, 0) is 61.4 Å². The first-order valence-corrected chi connectivity index (χ1v) is 16.8. The number of likely N-dealkylation sites (tertiary alicyclic amines) is 1. The first-order valence-electron chi connectivity index (χ1n) is 15.2. The lowest BCUT2D eigenvalue weighted by Gasteiger charge is -2.64. The Labute approximate surface area is 253 Å². The molecule has 0 unspecified atom stereocenters. The minimum atomic E-state index is -3.70. The SMILES string of the molecule is CC(=O)Oc1ccc2c3c1O[C@H]1[C@@H](N(C)S(=O)(=O)Cc4ccccc4)CC[C@@]4(O)[C@@H](C2)N(CCc2ccccc2)CC[C@]314. The number of sulfonamides is 1. The molecule has 4 aliphatic rings. The van der Waals surface area contributed by atoms with Crippen LogP contribution in [-0.4, -0.2) is 72.6 Å². The van der Waals surface area contributed by atoms with Crippen molar-refractivity contribution >= 4 is 16.0 Å². The number of nitrogens with zero attached hydrogens (tertiary/aromatic N) is 2. The molecule has 2 aliphatic heterocycles. The Balaban J connectivity index is 1.28. The molecule has 7 rings (SSSR count). The van der Waals surface area contributed by atoms with Gasteiger partial charge in [-0.3, -0.25) is 9.69 Å². The van der Waals surface area contributed by atoms with E-state index in [4.69, 9.17) is 9.47 Å². The van der Waals surface area contributed by atoms with Crippen molar-refractivity contribution in [2.24, 2.45) is 0 Å². The number of likely N-dealkylation sites (N-methyl/N-ethyl adjacent to an activating group) is 1.